The monoisotopic (exact) mass is 269 g/mol. The van der Waals surface area contributed by atoms with Crippen LogP contribution in [0, 0.1) is 0 Å². The summed E-state index contributed by atoms with van der Waals surface area (Å²) in [5.41, 5.74) is 1.93. The normalized spacial score (nSPS) is 13.5. The summed E-state index contributed by atoms with van der Waals surface area (Å²) >= 11 is 0. The lowest BCUT2D eigenvalue weighted by Gasteiger charge is -2.19. The summed E-state index contributed by atoms with van der Waals surface area (Å²) in [5.74, 6) is -0.130. The van der Waals surface area contributed by atoms with Gasteiger partial charge in [0.15, 0.2) is 6.10 Å². The molecule has 0 radical (unpaired) electrons. The fraction of sp³-hybridized carbons (Fsp3) is 0.235. The first-order valence-corrected chi connectivity index (χ1v) is 6.65. The summed E-state index contributed by atoms with van der Waals surface area (Å²) in [6, 6.07) is 19.3. The molecule has 0 aliphatic heterocycles. The highest BCUT2D eigenvalue weighted by Gasteiger charge is 2.21. The Morgan fingerprint density at radius 2 is 1.45 bits per heavy atom. The molecular formula is C17H19NO2. The molecule has 0 saturated carbocycles. The van der Waals surface area contributed by atoms with Gasteiger partial charge < -0.3 is 10.1 Å². The van der Waals surface area contributed by atoms with E-state index in [0.29, 0.717) is 0 Å². The van der Waals surface area contributed by atoms with Crippen LogP contribution in [0.5, 0.6) is 0 Å². The van der Waals surface area contributed by atoms with E-state index in [-0.39, 0.29) is 11.9 Å². The number of ether oxygens (including phenoxy) is 1. The molecule has 0 aromatic heterocycles. The minimum Gasteiger partial charge on any atom is -0.367 e. The number of carbonyl (C=O) groups is 1. The topological polar surface area (TPSA) is 38.3 Å². The average Bonchev–Trinajstić information content (AvgIpc) is 2.50. The molecule has 2 aromatic carbocycles. The van der Waals surface area contributed by atoms with Crippen molar-refractivity contribution in [2.45, 2.75) is 19.1 Å². The Labute approximate surface area is 119 Å². The highest BCUT2D eigenvalue weighted by atomic mass is 16.5. The minimum absolute atomic E-state index is 0.0509. The zero-order valence-electron chi connectivity index (χ0n) is 11.7. The number of rotatable bonds is 5. The van der Waals surface area contributed by atoms with Crippen molar-refractivity contribution >= 4 is 5.91 Å². The molecule has 2 aromatic rings. The van der Waals surface area contributed by atoms with E-state index in [0.717, 1.165) is 11.1 Å². The van der Waals surface area contributed by atoms with Crippen molar-refractivity contribution in [2.24, 2.45) is 0 Å². The van der Waals surface area contributed by atoms with Crippen LogP contribution < -0.4 is 5.32 Å². The molecule has 1 N–H and O–H groups in total. The second kappa shape index (κ2) is 6.87. The molecule has 0 unspecified atom stereocenters. The molecule has 0 aliphatic carbocycles. The molecule has 0 saturated heterocycles. The van der Waals surface area contributed by atoms with E-state index in [9.17, 15) is 4.79 Å². The van der Waals surface area contributed by atoms with Gasteiger partial charge in [-0.1, -0.05) is 60.7 Å². The Balaban J connectivity index is 2.07. The van der Waals surface area contributed by atoms with Crippen LogP contribution >= 0.6 is 0 Å². The van der Waals surface area contributed by atoms with Crippen LogP contribution in [0.3, 0.4) is 0 Å². The number of methoxy groups -OCH3 is 1. The van der Waals surface area contributed by atoms with Gasteiger partial charge in [0.1, 0.15) is 0 Å². The first-order valence-electron chi connectivity index (χ1n) is 6.65. The molecule has 0 bridgehead atoms. The van der Waals surface area contributed by atoms with Gasteiger partial charge in [0.25, 0.3) is 5.91 Å². The lowest BCUT2D eigenvalue weighted by Crippen LogP contribution is -2.32. The molecule has 2 rings (SSSR count). The van der Waals surface area contributed by atoms with Crippen LogP contribution in [-0.4, -0.2) is 13.0 Å². The van der Waals surface area contributed by atoms with Crippen molar-refractivity contribution in [3.63, 3.8) is 0 Å². The maximum Gasteiger partial charge on any atom is 0.254 e. The van der Waals surface area contributed by atoms with E-state index < -0.39 is 6.10 Å². The SMILES string of the molecule is CO[C@H](C(=O)N[C@@H](C)c1ccccc1)c1ccccc1. The van der Waals surface area contributed by atoms with Gasteiger partial charge in [0.05, 0.1) is 6.04 Å². The average molecular weight is 269 g/mol. The molecule has 0 aliphatic rings. The van der Waals surface area contributed by atoms with Gasteiger partial charge in [-0.2, -0.15) is 0 Å². The van der Waals surface area contributed by atoms with Crippen molar-refractivity contribution < 1.29 is 9.53 Å². The lowest BCUT2D eigenvalue weighted by molar-refractivity contribution is -0.132. The van der Waals surface area contributed by atoms with Crippen molar-refractivity contribution in [3.8, 4) is 0 Å². The Morgan fingerprint density at radius 3 is 1.95 bits per heavy atom. The highest BCUT2D eigenvalue weighted by molar-refractivity contribution is 5.82. The smallest absolute Gasteiger partial charge is 0.254 e. The molecule has 3 heteroatoms. The molecule has 3 nitrogen and oxygen atoms in total. The molecule has 0 heterocycles. The van der Waals surface area contributed by atoms with Gasteiger partial charge in [0, 0.05) is 7.11 Å². The lowest BCUT2D eigenvalue weighted by atomic mass is 10.1. The third-order valence-corrected chi connectivity index (χ3v) is 3.23. The summed E-state index contributed by atoms with van der Waals surface area (Å²) in [5, 5.41) is 2.98. The third kappa shape index (κ3) is 3.45. The standard InChI is InChI=1S/C17H19NO2/c1-13(14-9-5-3-6-10-14)18-17(19)16(20-2)15-11-7-4-8-12-15/h3-13,16H,1-2H3,(H,18,19)/t13-,16-/m0/s1. The number of hydrogen-bond acceptors (Lipinski definition) is 2. The maximum absolute atomic E-state index is 12.3. The molecular weight excluding hydrogens is 250 g/mol. The van der Waals surface area contributed by atoms with Gasteiger partial charge in [-0.15, -0.1) is 0 Å². The van der Waals surface area contributed by atoms with Crippen molar-refractivity contribution in [2.75, 3.05) is 7.11 Å². The van der Waals surface area contributed by atoms with Crippen LogP contribution in [0.1, 0.15) is 30.2 Å². The van der Waals surface area contributed by atoms with E-state index >= 15 is 0 Å². The van der Waals surface area contributed by atoms with Gasteiger partial charge in [-0.05, 0) is 18.1 Å². The molecule has 20 heavy (non-hydrogen) atoms. The minimum atomic E-state index is -0.581. The Morgan fingerprint density at radius 1 is 0.950 bits per heavy atom. The Kier molecular flexibility index (Phi) is 4.91. The zero-order chi connectivity index (χ0) is 14.4. The quantitative estimate of drug-likeness (QED) is 0.904. The number of amides is 1. The summed E-state index contributed by atoms with van der Waals surface area (Å²) < 4.78 is 5.32. The van der Waals surface area contributed by atoms with E-state index in [2.05, 4.69) is 5.32 Å². The third-order valence-electron chi connectivity index (χ3n) is 3.23. The van der Waals surface area contributed by atoms with Crippen molar-refractivity contribution in [1.29, 1.82) is 0 Å². The van der Waals surface area contributed by atoms with Crippen LogP contribution in [0.15, 0.2) is 60.7 Å². The van der Waals surface area contributed by atoms with Crippen LogP contribution in [0.4, 0.5) is 0 Å². The van der Waals surface area contributed by atoms with Gasteiger partial charge in [-0.3, -0.25) is 4.79 Å². The van der Waals surface area contributed by atoms with E-state index in [1.165, 1.54) is 0 Å². The summed E-state index contributed by atoms with van der Waals surface area (Å²) in [6.45, 7) is 1.96. The Bertz CT molecular complexity index is 539. The predicted molar refractivity (Wildman–Crippen MR) is 79.2 cm³/mol. The fourth-order valence-electron chi connectivity index (χ4n) is 2.14. The van der Waals surface area contributed by atoms with Crippen molar-refractivity contribution in [1.82, 2.24) is 5.32 Å². The largest absolute Gasteiger partial charge is 0.367 e. The molecule has 2 atom stereocenters. The summed E-state index contributed by atoms with van der Waals surface area (Å²) in [4.78, 5) is 12.3. The van der Waals surface area contributed by atoms with E-state index in [1.807, 2.05) is 67.6 Å². The maximum atomic E-state index is 12.3. The fourth-order valence-corrected chi connectivity index (χ4v) is 2.14. The molecule has 104 valence electrons. The number of benzene rings is 2. The number of nitrogens with one attached hydrogen (secondary N) is 1. The summed E-state index contributed by atoms with van der Waals surface area (Å²) in [6.07, 6.45) is -0.581. The zero-order valence-corrected chi connectivity index (χ0v) is 11.7. The highest BCUT2D eigenvalue weighted by Crippen LogP contribution is 2.19. The molecule has 0 spiro atoms. The second-order valence-corrected chi connectivity index (χ2v) is 4.67. The van der Waals surface area contributed by atoms with E-state index in [4.69, 9.17) is 4.74 Å². The van der Waals surface area contributed by atoms with Crippen molar-refractivity contribution in [3.05, 3.63) is 71.8 Å². The van der Waals surface area contributed by atoms with Crippen LogP contribution in [0.2, 0.25) is 0 Å². The second-order valence-electron chi connectivity index (χ2n) is 4.67. The van der Waals surface area contributed by atoms with Gasteiger partial charge in [0.2, 0.25) is 0 Å². The van der Waals surface area contributed by atoms with Gasteiger partial charge in [-0.25, -0.2) is 0 Å². The van der Waals surface area contributed by atoms with E-state index in [1.54, 1.807) is 7.11 Å². The number of carbonyl (C=O) groups excluding carboxylic acids is 1. The first-order chi connectivity index (χ1) is 9.72. The Hall–Kier alpha value is -2.13. The number of hydrogen-bond donors (Lipinski definition) is 1. The molecule has 1 amide bonds. The van der Waals surface area contributed by atoms with Crippen LogP contribution in [0.25, 0.3) is 0 Å². The predicted octanol–water partition coefficient (Wildman–Crippen LogP) is 3.25. The van der Waals surface area contributed by atoms with Gasteiger partial charge >= 0.3 is 0 Å². The van der Waals surface area contributed by atoms with Crippen LogP contribution in [-0.2, 0) is 9.53 Å². The first kappa shape index (κ1) is 14.3. The molecule has 0 fully saturated rings. The summed E-state index contributed by atoms with van der Waals surface area (Å²) in [7, 11) is 1.55.